The zero-order valence-electron chi connectivity index (χ0n) is 6.65. The second-order valence-electron chi connectivity index (χ2n) is 3.07. The van der Waals surface area contributed by atoms with Gasteiger partial charge in [0, 0.05) is 11.4 Å². The SMILES string of the molecule is C[C@H]1CCCN1CCCBr. The first kappa shape index (κ1) is 8.54. The molecular weight excluding hydrogens is 190 g/mol. The van der Waals surface area contributed by atoms with Gasteiger partial charge in [-0.3, -0.25) is 0 Å². The highest BCUT2D eigenvalue weighted by molar-refractivity contribution is 9.09. The van der Waals surface area contributed by atoms with Crippen LogP contribution in [0.3, 0.4) is 0 Å². The van der Waals surface area contributed by atoms with Crippen molar-refractivity contribution < 1.29 is 0 Å². The van der Waals surface area contributed by atoms with Crippen LogP contribution in [-0.2, 0) is 0 Å². The molecule has 0 aromatic carbocycles. The summed E-state index contributed by atoms with van der Waals surface area (Å²) in [5, 5.41) is 1.15. The van der Waals surface area contributed by atoms with Gasteiger partial charge in [0.15, 0.2) is 0 Å². The molecule has 0 spiro atoms. The highest BCUT2D eigenvalue weighted by Gasteiger charge is 2.18. The van der Waals surface area contributed by atoms with Crippen molar-refractivity contribution in [3.8, 4) is 0 Å². The molecule has 1 rings (SSSR count). The van der Waals surface area contributed by atoms with Gasteiger partial charge in [-0.15, -0.1) is 0 Å². The number of halogens is 1. The molecule has 2 heteroatoms. The zero-order chi connectivity index (χ0) is 7.40. The molecule has 10 heavy (non-hydrogen) atoms. The third kappa shape index (κ3) is 2.24. The second-order valence-corrected chi connectivity index (χ2v) is 3.86. The van der Waals surface area contributed by atoms with E-state index in [-0.39, 0.29) is 0 Å². The molecule has 1 saturated heterocycles. The van der Waals surface area contributed by atoms with Crippen molar-refractivity contribution in [3.05, 3.63) is 0 Å². The van der Waals surface area contributed by atoms with E-state index in [1.165, 1.54) is 32.4 Å². The number of rotatable bonds is 3. The summed E-state index contributed by atoms with van der Waals surface area (Å²) < 4.78 is 0. The number of hydrogen-bond donors (Lipinski definition) is 0. The zero-order valence-corrected chi connectivity index (χ0v) is 8.23. The fourth-order valence-corrected chi connectivity index (χ4v) is 1.84. The van der Waals surface area contributed by atoms with E-state index in [1.54, 1.807) is 0 Å². The van der Waals surface area contributed by atoms with Crippen LogP contribution in [0.4, 0.5) is 0 Å². The van der Waals surface area contributed by atoms with E-state index in [4.69, 9.17) is 0 Å². The lowest BCUT2D eigenvalue weighted by Gasteiger charge is -2.19. The third-order valence-corrected chi connectivity index (χ3v) is 2.83. The molecule has 1 heterocycles. The molecule has 0 aromatic heterocycles. The smallest absolute Gasteiger partial charge is 0.00674 e. The lowest BCUT2D eigenvalue weighted by Crippen LogP contribution is -2.27. The Bertz CT molecular complexity index is 95.3. The monoisotopic (exact) mass is 205 g/mol. The van der Waals surface area contributed by atoms with Crippen LogP contribution in [0, 0.1) is 0 Å². The maximum atomic E-state index is 3.45. The predicted molar refractivity (Wildman–Crippen MR) is 48.7 cm³/mol. The average molecular weight is 206 g/mol. The molecule has 0 aromatic rings. The molecule has 1 nitrogen and oxygen atoms in total. The Morgan fingerprint density at radius 3 is 2.90 bits per heavy atom. The third-order valence-electron chi connectivity index (χ3n) is 2.27. The van der Waals surface area contributed by atoms with Crippen LogP contribution in [0.1, 0.15) is 26.2 Å². The number of likely N-dealkylation sites (tertiary alicyclic amines) is 1. The fraction of sp³-hybridized carbons (Fsp3) is 1.00. The molecule has 0 radical (unpaired) electrons. The molecule has 0 saturated carbocycles. The summed E-state index contributed by atoms with van der Waals surface area (Å²) in [6, 6.07) is 0.846. The van der Waals surface area contributed by atoms with Gasteiger partial charge in [0.2, 0.25) is 0 Å². The van der Waals surface area contributed by atoms with Gasteiger partial charge >= 0.3 is 0 Å². The Labute approximate surface area is 71.9 Å². The molecule has 1 aliphatic heterocycles. The van der Waals surface area contributed by atoms with Gasteiger partial charge in [-0.05, 0) is 39.3 Å². The van der Waals surface area contributed by atoms with Crippen molar-refractivity contribution in [1.82, 2.24) is 4.90 Å². The van der Waals surface area contributed by atoms with Crippen LogP contribution >= 0.6 is 15.9 Å². The molecule has 1 atom stereocenters. The summed E-state index contributed by atoms with van der Waals surface area (Å²) in [5.74, 6) is 0. The minimum absolute atomic E-state index is 0.846. The van der Waals surface area contributed by atoms with E-state index < -0.39 is 0 Å². The molecule has 0 unspecified atom stereocenters. The quantitative estimate of drug-likeness (QED) is 0.640. The van der Waals surface area contributed by atoms with Crippen LogP contribution in [0.15, 0.2) is 0 Å². The standard InChI is InChI=1S/C8H16BrN/c1-8-4-2-6-10(8)7-3-5-9/h8H,2-7H2,1H3/t8-/m0/s1. The Balaban J connectivity index is 2.14. The van der Waals surface area contributed by atoms with E-state index in [2.05, 4.69) is 27.8 Å². The molecule has 0 N–H and O–H groups in total. The van der Waals surface area contributed by atoms with Gasteiger partial charge in [0.05, 0.1) is 0 Å². The predicted octanol–water partition coefficient (Wildman–Crippen LogP) is 2.26. The molecule has 0 bridgehead atoms. The Kier molecular flexibility index (Phi) is 3.71. The first-order valence-electron chi connectivity index (χ1n) is 4.14. The summed E-state index contributed by atoms with van der Waals surface area (Å²) in [7, 11) is 0. The van der Waals surface area contributed by atoms with E-state index >= 15 is 0 Å². The van der Waals surface area contributed by atoms with E-state index in [0.717, 1.165) is 11.4 Å². The number of nitrogens with zero attached hydrogens (tertiary/aromatic N) is 1. The van der Waals surface area contributed by atoms with Crippen LogP contribution in [0.2, 0.25) is 0 Å². The fourth-order valence-electron chi connectivity index (χ4n) is 1.59. The molecule has 1 fully saturated rings. The van der Waals surface area contributed by atoms with Gasteiger partial charge in [-0.1, -0.05) is 15.9 Å². The van der Waals surface area contributed by atoms with Crippen molar-refractivity contribution in [2.45, 2.75) is 32.2 Å². The van der Waals surface area contributed by atoms with Gasteiger partial charge in [-0.25, -0.2) is 0 Å². The minimum Gasteiger partial charge on any atom is -0.301 e. The molecule has 1 aliphatic rings. The Morgan fingerprint density at radius 2 is 2.40 bits per heavy atom. The molecular formula is C8H16BrN. The Morgan fingerprint density at radius 1 is 1.60 bits per heavy atom. The maximum absolute atomic E-state index is 3.45. The number of hydrogen-bond acceptors (Lipinski definition) is 1. The first-order valence-corrected chi connectivity index (χ1v) is 5.26. The minimum atomic E-state index is 0.846. The summed E-state index contributed by atoms with van der Waals surface area (Å²) in [6.07, 6.45) is 4.11. The maximum Gasteiger partial charge on any atom is 0.00674 e. The van der Waals surface area contributed by atoms with Crippen LogP contribution < -0.4 is 0 Å². The lowest BCUT2D eigenvalue weighted by molar-refractivity contribution is 0.270. The van der Waals surface area contributed by atoms with Crippen molar-refractivity contribution in [1.29, 1.82) is 0 Å². The van der Waals surface area contributed by atoms with Crippen LogP contribution in [0.5, 0.6) is 0 Å². The van der Waals surface area contributed by atoms with Crippen LogP contribution in [0.25, 0.3) is 0 Å². The highest BCUT2D eigenvalue weighted by atomic mass is 79.9. The summed E-state index contributed by atoms with van der Waals surface area (Å²) in [5.41, 5.74) is 0. The first-order chi connectivity index (χ1) is 4.84. The normalized spacial score (nSPS) is 27.6. The topological polar surface area (TPSA) is 3.24 Å². The second kappa shape index (κ2) is 4.35. The summed E-state index contributed by atoms with van der Waals surface area (Å²) in [4.78, 5) is 2.58. The van der Waals surface area contributed by atoms with Gasteiger partial charge in [0.25, 0.3) is 0 Å². The van der Waals surface area contributed by atoms with Gasteiger partial charge in [0.1, 0.15) is 0 Å². The van der Waals surface area contributed by atoms with E-state index in [9.17, 15) is 0 Å². The molecule has 60 valence electrons. The van der Waals surface area contributed by atoms with Gasteiger partial charge in [-0.2, -0.15) is 0 Å². The highest BCUT2D eigenvalue weighted by Crippen LogP contribution is 2.16. The number of alkyl halides is 1. The Hall–Kier alpha value is 0.440. The lowest BCUT2D eigenvalue weighted by atomic mass is 10.2. The molecule has 0 amide bonds. The molecule has 0 aliphatic carbocycles. The average Bonchev–Trinajstić information content (AvgIpc) is 2.31. The van der Waals surface area contributed by atoms with Crippen molar-refractivity contribution in [2.24, 2.45) is 0 Å². The van der Waals surface area contributed by atoms with Crippen LogP contribution in [-0.4, -0.2) is 29.4 Å². The van der Waals surface area contributed by atoms with Crippen molar-refractivity contribution in [2.75, 3.05) is 18.4 Å². The van der Waals surface area contributed by atoms with E-state index in [0.29, 0.717) is 0 Å². The summed E-state index contributed by atoms with van der Waals surface area (Å²) >= 11 is 3.45. The van der Waals surface area contributed by atoms with E-state index in [1.807, 2.05) is 0 Å². The largest absolute Gasteiger partial charge is 0.301 e. The van der Waals surface area contributed by atoms with Gasteiger partial charge < -0.3 is 4.90 Å². The van der Waals surface area contributed by atoms with Crippen molar-refractivity contribution in [3.63, 3.8) is 0 Å². The van der Waals surface area contributed by atoms with Crippen molar-refractivity contribution >= 4 is 15.9 Å². The summed E-state index contributed by atoms with van der Waals surface area (Å²) in [6.45, 7) is 4.95.